The van der Waals surface area contributed by atoms with E-state index in [9.17, 15) is 5.26 Å². The van der Waals surface area contributed by atoms with Crippen molar-refractivity contribution in [1.29, 1.82) is 5.26 Å². The average Bonchev–Trinajstić information content (AvgIpc) is 3.25. The van der Waals surface area contributed by atoms with Crippen molar-refractivity contribution < 1.29 is 0 Å². The van der Waals surface area contributed by atoms with Gasteiger partial charge in [-0.1, -0.05) is 19.8 Å². The molecule has 1 saturated carbocycles. The lowest BCUT2D eigenvalue weighted by Crippen LogP contribution is -2.45. The Hall–Kier alpha value is -0.590. The molecule has 0 aromatic carbocycles. The van der Waals surface area contributed by atoms with Crippen molar-refractivity contribution >= 4 is 0 Å². The maximum Gasteiger partial charge on any atom is 0.105 e. The van der Waals surface area contributed by atoms with E-state index in [1.54, 1.807) is 0 Å². The Bertz CT molecular complexity index is 332. The first-order valence-corrected chi connectivity index (χ1v) is 8.56. The molecule has 0 spiro atoms. The molecule has 1 heterocycles. The predicted octanol–water partition coefficient (Wildman–Crippen LogP) is 3.31. The highest BCUT2D eigenvalue weighted by Crippen LogP contribution is 2.25. The summed E-state index contributed by atoms with van der Waals surface area (Å²) in [5, 5.41) is 12.9. The number of rotatable bonds is 7. The molecule has 0 aromatic rings. The molecular weight excluding hydrogens is 246 g/mol. The van der Waals surface area contributed by atoms with Crippen molar-refractivity contribution in [3.63, 3.8) is 0 Å². The van der Waals surface area contributed by atoms with Crippen LogP contribution >= 0.6 is 0 Å². The molecule has 0 bridgehead atoms. The molecule has 2 unspecified atom stereocenters. The van der Waals surface area contributed by atoms with Gasteiger partial charge in [-0.05, 0) is 64.5 Å². The zero-order valence-corrected chi connectivity index (χ0v) is 13.3. The SMILES string of the molecule is CCCC1CCCN(CCC(C)(C#N)NC2CC2)CC1. The summed E-state index contributed by atoms with van der Waals surface area (Å²) in [6.07, 6.45) is 10.3. The Kier molecular flexibility index (Phi) is 5.86. The zero-order valence-electron chi connectivity index (χ0n) is 13.3. The van der Waals surface area contributed by atoms with E-state index in [1.165, 1.54) is 58.0 Å². The second kappa shape index (κ2) is 7.43. The van der Waals surface area contributed by atoms with Gasteiger partial charge in [0.1, 0.15) is 5.54 Å². The normalized spacial score (nSPS) is 27.6. The molecule has 114 valence electrons. The molecule has 3 heteroatoms. The standard InChI is InChI=1S/C17H31N3/c1-3-5-15-6-4-11-20(12-9-15)13-10-17(2,14-18)19-16-7-8-16/h15-16,19H,3-13H2,1-2H3. The highest BCUT2D eigenvalue weighted by atomic mass is 15.1. The van der Waals surface area contributed by atoms with Crippen molar-refractivity contribution in [2.45, 2.75) is 76.8 Å². The van der Waals surface area contributed by atoms with Crippen LogP contribution in [0, 0.1) is 17.2 Å². The van der Waals surface area contributed by atoms with Gasteiger partial charge in [-0.3, -0.25) is 5.32 Å². The van der Waals surface area contributed by atoms with Crippen molar-refractivity contribution in [3.05, 3.63) is 0 Å². The number of nitriles is 1. The van der Waals surface area contributed by atoms with Gasteiger partial charge in [-0.25, -0.2) is 0 Å². The summed E-state index contributed by atoms with van der Waals surface area (Å²) in [6.45, 7) is 7.90. The molecule has 0 aromatic heterocycles. The summed E-state index contributed by atoms with van der Waals surface area (Å²) in [5.41, 5.74) is -0.323. The Morgan fingerprint density at radius 3 is 2.70 bits per heavy atom. The van der Waals surface area contributed by atoms with E-state index in [-0.39, 0.29) is 5.54 Å². The molecule has 20 heavy (non-hydrogen) atoms. The average molecular weight is 277 g/mol. The van der Waals surface area contributed by atoms with Gasteiger partial charge in [-0.2, -0.15) is 5.26 Å². The lowest BCUT2D eigenvalue weighted by Gasteiger charge is -2.27. The molecule has 2 rings (SSSR count). The molecule has 0 radical (unpaired) electrons. The summed E-state index contributed by atoms with van der Waals surface area (Å²) in [6, 6.07) is 3.11. The van der Waals surface area contributed by atoms with Crippen molar-refractivity contribution in [1.82, 2.24) is 10.2 Å². The van der Waals surface area contributed by atoms with E-state index < -0.39 is 0 Å². The number of hydrogen-bond acceptors (Lipinski definition) is 3. The third-order valence-corrected chi connectivity index (χ3v) is 4.91. The summed E-state index contributed by atoms with van der Waals surface area (Å²) in [4.78, 5) is 2.58. The van der Waals surface area contributed by atoms with E-state index in [0.717, 1.165) is 18.9 Å². The molecular formula is C17H31N3. The van der Waals surface area contributed by atoms with Crippen molar-refractivity contribution in [2.75, 3.05) is 19.6 Å². The van der Waals surface area contributed by atoms with Gasteiger partial charge in [-0.15, -0.1) is 0 Å². The fraction of sp³-hybridized carbons (Fsp3) is 0.941. The largest absolute Gasteiger partial charge is 0.303 e. The van der Waals surface area contributed by atoms with Crippen LogP contribution in [0.3, 0.4) is 0 Å². The minimum atomic E-state index is -0.323. The topological polar surface area (TPSA) is 39.1 Å². The zero-order chi connectivity index (χ0) is 14.4. The van der Waals surface area contributed by atoms with E-state index in [2.05, 4.69) is 30.1 Å². The Labute approximate surface area is 124 Å². The maximum absolute atomic E-state index is 9.43. The first kappa shape index (κ1) is 15.8. The van der Waals surface area contributed by atoms with Crippen LogP contribution in [0.15, 0.2) is 0 Å². The third kappa shape index (κ3) is 5.07. The van der Waals surface area contributed by atoms with Crippen LogP contribution in [-0.2, 0) is 0 Å². The van der Waals surface area contributed by atoms with Crippen LogP contribution in [0.25, 0.3) is 0 Å². The smallest absolute Gasteiger partial charge is 0.105 e. The summed E-state index contributed by atoms with van der Waals surface area (Å²) < 4.78 is 0. The van der Waals surface area contributed by atoms with Gasteiger partial charge >= 0.3 is 0 Å². The monoisotopic (exact) mass is 277 g/mol. The van der Waals surface area contributed by atoms with E-state index in [4.69, 9.17) is 0 Å². The van der Waals surface area contributed by atoms with Crippen molar-refractivity contribution in [3.8, 4) is 6.07 Å². The molecule has 2 fully saturated rings. The van der Waals surface area contributed by atoms with Crippen LogP contribution in [0.4, 0.5) is 0 Å². The van der Waals surface area contributed by atoms with Crippen LogP contribution in [0.2, 0.25) is 0 Å². The Morgan fingerprint density at radius 2 is 2.05 bits per heavy atom. The van der Waals surface area contributed by atoms with Crippen molar-refractivity contribution in [2.24, 2.45) is 5.92 Å². The van der Waals surface area contributed by atoms with Gasteiger partial charge in [0.25, 0.3) is 0 Å². The summed E-state index contributed by atoms with van der Waals surface area (Å²) >= 11 is 0. The van der Waals surface area contributed by atoms with E-state index >= 15 is 0 Å². The second-order valence-corrected chi connectivity index (χ2v) is 7.04. The molecule has 0 amide bonds. The van der Waals surface area contributed by atoms with Crippen LogP contribution in [-0.4, -0.2) is 36.1 Å². The van der Waals surface area contributed by atoms with Crippen LogP contribution in [0.5, 0.6) is 0 Å². The van der Waals surface area contributed by atoms with Gasteiger partial charge in [0.05, 0.1) is 6.07 Å². The van der Waals surface area contributed by atoms with Crippen LogP contribution in [0.1, 0.15) is 65.2 Å². The fourth-order valence-electron chi connectivity index (χ4n) is 3.37. The highest BCUT2D eigenvalue weighted by molar-refractivity contribution is 5.07. The molecule has 3 nitrogen and oxygen atoms in total. The molecule has 1 aliphatic carbocycles. The quantitative estimate of drug-likeness (QED) is 0.776. The summed E-state index contributed by atoms with van der Waals surface area (Å²) in [7, 11) is 0. The van der Waals surface area contributed by atoms with Crippen LogP contribution < -0.4 is 5.32 Å². The van der Waals surface area contributed by atoms with E-state index in [0.29, 0.717) is 6.04 Å². The van der Waals surface area contributed by atoms with Gasteiger partial charge in [0, 0.05) is 12.6 Å². The summed E-state index contributed by atoms with van der Waals surface area (Å²) in [5.74, 6) is 0.942. The number of nitrogens with zero attached hydrogens (tertiary/aromatic N) is 2. The molecule has 1 N–H and O–H groups in total. The minimum Gasteiger partial charge on any atom is -0.303 e. The predicted molar refractivity (Wildman–Crippen MR) is 83.5 cm³/mol. The Morgan fingerprint density at radius 1 is 1.25 bits per heavy atom. The number of hydrogen-bond donors (Lipinski definition) is 1. The molecule has 2 atom stereocenters. The lowest BCUT2D eigenvalue weighted by molar-refractivity contribution is 0.248. The third-order valence-electron chi connectivity index (χ3n) is 4.91. The minimum absolute atomic E-state index is 0.323. The molecule has 1 saturated heterocycles. The highest BCUT2D eigenvalue weighted by Gasteiger charge is 2.32. The molecule has 1 aliphatic heterocycles. The Balaban J connectivity index is 1.73. The van der Waals surface area contributed by atoms with Gasteiger partial charge in [0.2, 0.25) is 0 Å². The van der Waals surface area contributed by atoms with Gasteiger partial charge in [0.15, 0.2) is 0 Å². The number of likely N-dealkylation sites (tertiary alicyclic amines) is 1. The first-order chi connectivity index (χ1) is 9.65. The van der Waals surface area contributed by atoms with E-state index in [1.807, 2.05) is 0 Å². The second-order valence-electron chi connectivity index (χ2n) is 7.04. The fourth-order valence-corrected chi connectivity index (χ4v) is 3.37. The maximum atomic E-state index is 9.43. The van der Waals surface area contributed by atoms with Gasteiger partial charge < -0.3 is 4.90 Å². The molecule has 2 aliphatic rings. The number of nitrogens with one attached hydrogen (secondary N) is 1. The first-order valence-electron chi connectivity index (χ1n) is 8.56. The lowest BCUT2D eigenvalue weighted by atomic mass is 9.96.